The summed E-state index contributed by atoms with van der Waals surface area (Å²) in [5.41, 5.74) is 1.57. The van der Waals surface area contributed by atoms with Crippen LogP contribution in [0.2, 0.25) is 0 Å². The highest BCUT2D eigenvalue weighted by molar-refractivity contribution is 6.05. The van der Waals surface area contributed by atoms with E-state index in [1.807, 2.05) is 0 Å². The molecule has 7 nitrogen and oxygen atoms in total. The van der Waals surface area contributed by atoms with Gasteiger partial charge < -0.3 is 10.6 Å². The lowest BCUT2D eigenvalue weighted by atomic mass is 10.1. The molecule has 1 aliphatic heterocycles. The molecule has 0 spiro atoms. The van der Waals surface area contributed by atoms with Crippen LogP contribution in [0.4, 0.5) is 9.18 Å². The third-order valence-electron chi connectivity index (χ3n) is 4.25. The summed E-state index contributed by atoms with van der Waals surface area (Å²) >= 11 is 0. The minimum absolute atomic E-state index is 0.128. The fraction of sp³-hybridized carbons (Fsp3) is 0.263. The van der Waals surface area contributed by atoms with Gasteiger partial charge in [-0.25, -0.2) is 9.18 Å². The molecule has 8 heteroatoms. The summed E-state index contributed by atoms with van der Waals surface area (Å²) in [6.45, 7) is 0.447. The molecule has 0 unspecified atom stereocenters. The molecule has 1 atom stereocenters. The van der Waals surface area contributed by atoms with Gasteiger partial charge in [0.1, 0.15) is 11.9 Å². The molecule has 0 saturated carbocycles. The molecule has 1 aliphatic rings. The molecule has 1 saturated heterocycles. The van der Waals surface area contributed by atoms with Crippen molar-refractivity contribution in [3.63, 3.8) is 0 Å². The Hall–Kier alpha value is -3.29. The monoisotopic (exact) mass is 370 g/mol. The van der Waals surface area contributed by atoms with Gasteiger partial charge in [-0.1, -0.05) is 12.1 Å². The summed E-state index contributed by atoms with van der Waals surface area (Å²) in [6.07, 6.45) is 3.46. The molecule has 0 bridgehead atoms. The Morgan fingerprint density at radius 3 is 2.70 bits per heavy atom. The minimum atomic E-state index is -0.887. The van der Waals surface area contributed by atoms with E-state index in [4.69, 9.17) is 0 Å². The van der Waals surface area contributed by atoms with E-state index in [1.165, 1.54) is 12.1 Å². The number of nitrogens with one attached hydrogen (secondary N) is 2. The number of imide groups is 1. The number of carbonyl (C=O) groups is 3. The van der Waals surface area contributed by atoms with E-state index >= 15 is 0 Å². The number of pyridine rings is 1. The second-order valence-electron chi connectivity index (χ2n) is 6.21. The van der Waals surface area contributed by atoms with Gasteiger partial charge in [0.2, 0.25) is 5.91 Å². The van der Waals surface area contributed by atoms with Gasteiger partial charge in [-0.3, -0.25) is 19.5 Å². The number of nitrogens with zero attached hydrogens (tertiary/aromatic N) is 2. The van der Waals surface area contributed by atoms with Crippen LogP contribution in [0, 0.1) is 5.82 Å². The molecule has 2 heterocycles. The van der Waals surface area contributed by atoms with Crippen LogP contribution in [0.15, 0.2) is 48.8 Å². The summed E-state index contributed by atoms with van der Waals surface area (Å²) in [7, 11) is 0. The zero-order valence-electron chi connectivity index (χ0n) is 14.5. The van der Waals surface area contributed by atoms with Crippen molar-refractivity contribution in [3.05, 3.63) is 65.7 Å². The fourth-order valence-corrected chi connectivity index (χ4v) is 2.82. The molecule has 27 heavy (non-hydrogen) atoms. The summed E-state index contributed by atoms with van der Waals surface area (Å²) in [4.78, 5) is 41.4. The molecule has 2 N–H and O–H groups in total. The Morgan fingerprint density at radius 2 is 1.96 bits per heavy atom. The molecule has 0 radical (unpaired) electrons. The molecule has 1 fully saturated rings. The van der Waals surface area contributed by atoms with E-state index in [-0.39, 0.29) is 24.7 Å². The van der Waals surface area contributed by atoms with Gasteiger partial charge in [0.25, 0.3) is 5.91 Å². The number of halogens is 1. The second kappa shape index (κ2) is 8.39. The molecule has 3 rings (SSSR count). The van der Waals surface area contributed by atoms with E-state index in [0.29, 0.717) is 18.5 Å². The van der Waals surface area contributed by atoms with Gasteiger partial charge in [0.05, 0.1) is 6.42 Å². The molecule has 0 aliphatic carbocycles. The summed E-state index contributed by atoms with van der Waals surface area (Å²) in [5, 5.41) is 5.23. The smallest absolute Gasteiger partial charge is 0.324 e. The number of benzene rings is 1. The summed E-state index contributed by atoms with van der Waals surface area (Å²) in [5.74, 6) is -1.15. The number of hydrogen-bond acceptors (Lipinski definition) is 4. The predicted molar refractivity (Wildman–Crippen MR) is 94.8 cm³/mol. The lowest BCUT2D eigenvalue weighted by Crippen LogP contribution is -2.36. The zero-order valence-corrected chi connectivity index (χ0v) is 14.5. The first-order chi connectivity index (χ1) is 13.0. The highest BCUT2D eigenvalue weighted by Crippen LogP contribution is 2.12. The largest absolute Gasteiger partial charge is 0.352 e. The lowest BCUT2D eigenvalue weighted by Gasteiger charge is -2.13. The number of amides is 4. The van der Waals surface area contributed by atoms with E-state index in [0.717, 1.165) is 10.5 Å². The van der Waals surface area contributed by atoms with E-state index < -0.39 is 18.0 Å². The molecule has 140 valence electrons. The fourth-order valence-electron chi connectivity index (χ4n) is 2.82. The Morgan fingerprint density at radius 1 is 1.19 bits per heavy atom. The molecule has 1 aromatic carbocycles. The van der Waals surface area contributed by atoms with Crippen LogP contribution in [-0.2, 0) is 22.6 Å². The van der Waals surface area contributed by atoms with Gasteiger partial charge >= 0.3 is 6.03 Å². The van der Waals surface area contributed by atoms with Crippen molar-refractivity contribution in [2.45, 2.75) is 25.4 Å². The van der Waals surface area contributed by atoms with Crippen molar-refractivity contribution >= 4 is 17.8 Å². The van der Waals surface area contributed by atoms with E-state index in [2.05, 4.69) is 15.6 Å². The Balaban J connectivity index is 1.50. The normalized spacial score (nSPS) is 16.3. The predicted octanol–water partition coefficient (Wildman–Crippen LogP) is 1.39. The first kappa shape index (κ1) is 18.5. The number of rotatable bonds is 7. The number of urea groups is 1. The van der Waals surface area contributed by atoms with Crippen molar-refractivity contribution in [2.24, 2.45) is 0 Å². The Kier molecular flexibility index (Phi) is 5.75. The summed E-state index contributed by atoms with van der Waals surface area (Å²) < 4.78 is 13.2. The van der Waals surface area contributed by atoms with Crippen LogP contribution in [0.25, 0.3) is 0 Å². The van der Waals surface area contributed by atoms with E-state index in [1.54, 1.807) is 36.7 Å². The third kappa shape index (κ3) is 4.87. The topological polar surface area (TPSA) is 91.4 Å². The van der Waals surface area contributed by atoms with Crippen LogP contribution in [-0.4, -0.2) is 40.3 Å². The zero-order chi connectivity index (χ0) is 19.2. The average molecular weight is 370 g/mol. The maximum atomic E-state index is 13.2. The third-order valence-corrected chi connectivity index (χ3v) is 4.25. The Labute approximate surface area is 155 Å². The van der Waals surface area contributed by atoms with Crippen LogP contribution in [0.3, 0.4) is 0 Å². The van der Waals surface area contributed by atoms with Gasteiger partial charge in [0.15, 0.2) is 0 Å². The highest BCUT2D eigenvalue weighted by Gasteiger charge is 2.38. The van der Waals surface area contributed by atoms with Crippen molar-refractivity contribution in [1.82, 2.24) is 20.5 Å². The van der Waals surface area contributed by atoms with Gasteiger partial charge in [-0.2, -0.15) is 0 Å². The number of carbonyl (C=O) groups excluding carboxylic acids is 3. The van der Waals surface area contributed by atoms with Crippen LogP contribution < -0.4 is 10.6 Å². The van der Waals surface area contributed by atoms with Crippen molar-refractivity contribution < 1.29 is 18.8 Å². The lowest BCUT2D eigenvalue weighted by molar-refractivity contribution is -0.130. The molecular weight excluding hydrogens is 351 g/mol. The van der Waals surface area contributed by atoms with Gasteiger partial charge in [-0.05, 0) is 41.8 Å². The van der Waals surface area contributed by atoms with Crippen LogP contribution >= 0.6 is 0 Å². The molecule has 1 aromatic heterocycles. The average Bonchev–Trinajstić information content (AvgIpc) is 2.92. The van der Waals surface area contributed by atoms with E-state index in [9.17, 15) is 18.8 Å². The van der Waals surface area contributed by atoms with Crippen molar-refractivity contribution in [3.8, 4) is 0 Å². The molecule has 2 aromatic rings. The Bertz CT molecular complexity index is 844. The van der Waals surface area contributed by atoms with Crippen molar-refractivity contribution in [1.29, 1.82) is 0 Å². The summed E-state index contributed by atoms with van der Waals surface area (Å²) in [6, 6.07) is 8.12. The minimum Gasteiger partial charge on any atom is -0.352 e. The molecule has 4 amide bonds. The SMILES string of the molecule is O=C(C[C@@H]1NC(=O)N(CCc2cccc(F)c2)C1=O)NCc1ccncc1. The van der Waals surface area contributed by atoms with Gasteiger partial charge in [-0.15, -0.1) is 0 Å². The number of aromatic nitrogens is 1. The maximum Gasteiger partial charge on any atom is 0.324 e. The maximum absolute atomic E-state index is 13.2. The first-order valence-corrected chi connectivity index (χ1v) is 8.55. The quantitative estimate of drug-likeness (QED) is 0.721. The van der Waals surface area contributed by atoms with Crippen LogP contribution in [0.1, 0.15) is 17.5 Å². The van der Waals surface area contributed by atoms with Crippen molar-refractivity contribution in [2.75, 3.05) is 6.54 Å². The second-order valence-corrected chi connectivity index (χ2v) is 6.21. The first-order valence-electron chi connectivity index (χ1n) is 8.55. The molecular formula is C19H19FN4O3. The highest BCUT2D eigenvalue weighted by atomic mass is 19.1. The van der Waals surface area contributed by atoms with Gasteiger partial charge in [0, 0.05) is 25.5 Å². The van der Waals surface area contributed by atoms with Crippen LogP contribution in [0.5, 0.6) is 0 Å². The number of hydrogen-bond donors (Lipinski definition) is 2. The standard InChI is InChI=1S/C19H19FN4O3/c20-15-3-1-2-13(10-15)6-9-24-18(26)16(23-19(24)27)11-17(25)22-12-14-4-7-21-8-5-14/h1-5,7-8,10,16H,6,9,11-12H2,(H,22,25)(H,23,27)/t16-/m0/s1.